The lowest BCUT2D eigenvalue weighted by atomic mass is 9.87. The van der Waals surface area contributed by atoms with Crippen LogP contribution in [0.1, 0.15) is 33.2 Å². The van der Waals surface area contributed by atoms with Crippen molar-refractivity contribution in [3.8, 4) is 11.5 Å². The van der Waals surface area contributed by atoms with Gasteiger partial charge in [0.2, 0.25) is 0 Å². The van der Waals surface area contributed by atoms with E-state index in [1.165, 1.54) is 12.3 Å². The van der Waals surface area contributed by atoms with Gasteiger partial charge in [-0.15, -0.1) is 0 Å². The molecule has 1 aliphatic rings. The lowest BCUT2D eigenvalue weighted by Crippen LogP contribution is -2.43. The third-order valence-electron chi connectivity index (χ3n) is 5.58. The van der Waals surface area contributed by atoms with E-state index in [4.69, 9.17) is 31.9 Å². The van der Waals surface area contributed by atoms with Crippen molar-refractivity contribution in [2.24, 2.45) is 5.73 Å². The molecule has 0 bridgehead atoms. The van der Waals surface area contributed by atoms with Crippen LogP contribution in [0.4, 0.5) is 0 Å². The van der Waals surface area contributed by atoms with Crippen molar-refractivity contribution in [1.29, 1.82) is 0 Å². The van der Waals surface area contributed by atoms with Crippen LogP contribution in [0.2, 0.25) is 5.02 Å². The summed E-state index contributed by atoms with van der Waals surface area (Å²) in [6, 6.07) is 15.0. The zero-order valence-electron chi connectivity index (χ0n) is 18.5. The molecule has 2 amide bonds. The van der Waals surface area contributed by atoms with Gasteiger partial charge < -0.3 is 25.2 Å². The van der Waals surface area contributed by atoms with Crippen LogP contribution in [0.3, 0.4) is 0 Å². The molecule has 9 nitrogen and oxygen atoms in total. The summed E-state index contributed by atoms with van der Waals surface area (Å²) in [7, 11) is 0. The highest BCUT2D eigenvalue weighted by molar-refractivity contribution is 6.30. The third kappa shape index (κ3) is 5.36. The number of amides is 2. The molecule has 0 fully saturated rings. The highest BCUT2D eigenvalue weighted by Crippen LogP contribution is 2.40. The van der Waals surface area contributed by atoms with Crippen molar-refractivity contribution < 1.29 is 29.0 Å². The Bertz CT molecular complexity index is 1280. The summed E-state index contributed by atoms with van der Waals surface area (Å²) in [5.74, 6) is -1.83. The Morgan fingerprint density at radius 3 is 2.57 bits per heavy atom. The summed E-state index contributed by atoms with van der Waals surface area (Å²) < 4.78 is 11.2. The summed E-state index contributed by atoms with van der Waals surface area (Å²) in [4.78, 5) is 41.7. The lowest BCUT2D eigenvalue weighted by Gasteiger charge is -2.38. The van der Waals surface area contributed by atoms with Gasteiger partial charge in [0.05, 0.1) is 6.04 Å². The van der Waals surface area contributed by atoms with Crippen molar-refractivity contribution in [2.45, 2.75) is 12.5 Å². The Kier molecular flexibility index (Phi) is 7.17. The Balaban J connectivity index is 1.69. The zero-order chi connectivity index (χ0) is 24.9. The number of aromatic nitrogens is 1. The van der Waals surface area contributed by atoms with Gasteiger partial charge in [-0.2, -0.15) is 0 Å². The highest BCUT2D eigenvalue weighted by Gasteiger charge is 2.34. The van der Waals surface area contributed by atoms with Gasteiger partial charge in [0.15, 0.2) is 24.7 Å². The van der Waals surface area contributed by atoms with Crippen molar-refractivity contribution in [3.63, 3.8) is 0 Å². The minimum absolute atomic E-state index is 0.0694. The van der Waals surface area contributed by atoms with Gasteiger partial charge in [-0.25, -0.2) is 9.78 Å². The summed E-state index contributed by atoms with van der Waals surface area (Å²) in [5, 5.41) is 9.51. The summed E-state index contributed by atoms with van der Waals surface area (Å²) in [6.45, 7) is -0.530. The van der Waals surface area contributed by atoms with Crippen LogP contribution < -0.4 is 15.2 Å². The van der Waals surface area contributed by atoms with Crippen LogP contribution in [0.15, 0.2) is 60.8 Å². The first-order chi connectivity index (χ1) is 16.8. The van der Waals surface area contributed by atoms with Crippen LogP contribution in [0.5, 0.6) is 11.5 Å². The number of rotatable bonds is 8. The fraction of sp³-hybridized carbons (Fsp3) is 0.200. The van der Waals surface area contributed by atoms with Gasteiger partial charge in [-0.3, -0.25) is 9.59 Å². The molecule has 3 N–H and O–H groups in total. The largest absolute Gasteiger partial charge is 0.482 e. The van der Waals surface area contributed by atoms with Crippen LogP contribution in [-0.4, -0.2) is 52.5 Å². The molecule has 2 heterocycles. The Labute approximate surface area is 206 Å². The molecule has 4 rings (SSSR count). The van der Waals surface area contributed by atoms with Crippen LogP contribution in [0.25, 0.3) is 0 Å². The maximum absolute atomic E-state index is 13.4. The maximum atomic E-state index is 13.4. The normalized spacial score (nSPS) is 14.7. The molecule has 1 aromatic heterocycles. The molecular weight excluding hydrogens is 474 g/mol. The van der Waals surface area contributed by atoms with Crippen LogP contribution in [-0.2, 0) is 16.0 Å². The molecule has 0 saturated heterocycles. The van der Waals surface area contributed by atoms with E-state index in [1.54, 1.807) is 29.2 Å². The second-order valence-electron chi connectivity index (χ2n) is 7.81. The fourth-order valence-electron chi connectivity index (χ4n) is 4.09. The number of carboxylic acid groups (broad SMARTS) is 1. The molecule has 2 aromatic carbocycles. The predicted octanol–water partition coefficient (Wildman–Crippen LogP) is 2.85. The third-order valence-corrected chi connectivity index (χ3v) is 5.81. The molecule has 1 atom stereocenters. The van der Waals surface area contributed by atoms with E-state index < -0.39 is 24.5 Å². The van der Waals surface area contributed by atoms with E-state index >= 15 is 0 Å². The Morgan fingerprint density at radius 1 is 1.03 bits per heavy atom. The first-order valence-electron chi connectivity index (χ1n) is 10.7. The van der Waals surface area contributed by atoms with Gasteiger partial charge in [0, 0.05) is 23.3 Å². The molecule has 10 heteroatoms. The van der Waals surface area contributed by atoms with Crippen molar-refractivity contribution in [3.05, 3.63) is 88.2 Å². The SMILES string of the molecule is NC(=O)c1ncccc1OCC(=O)N1CCc2ccccc2C1c1cc(Cl)ccc1OCC(=O)O. The maximum Gasteiger partial charge on any atom is 0.341 e. The first kappa shape index (κ1) is 24.0. The molecule has 1 unspecified atom stereocenters. The average Bonchev–Trinajstić information content (AvgIpc) is 2.85. The molecule has 3 aromatic rings. The van der Waals surface area contributed by atoms with E-state index in [0.29, 0.717) is 29.3 Å². The smallest absolute Gasteiger partial charge is 0.341 e. The number of halogens is 1. The minimum atomic E-state index is -1.13. The van der Waals surface area contributed by atoms with E-state index in [0.717, 1.165) is 11.1 Å². The number of carbonyl (C=O) groups is 3. The number of nitrogens with two attached hydrogens (primary N) is 1. The predicted molar refractivity (Wildman–Crippen MR) is 127 cm³/mol. The van der Waals surface area contributed by atoms with E-state index in [2.05, 4.69) is 4.98 Å². The zero-order valence-corrected chi connectivity index (χ0v) is 19.3. The topological polar surface area (TPSA) is 132 Å². The van der Waals surface area contributed by atoms with Gasteiger partial charge in [-0.05, 0) is 47.9 Å². The van der Waals surface area contributed by atoms with E-state index in [1.807, 2.05) is 24.3 Å². The molecule has 35 heavy (non-hydrogen) atoms. The average molecular weight is 496 g/mol. The number of hydrogen-bond acceptors (Lipinski definition) is 6. The first-order valence-corrected chi connectivity index (χ1v) is 11.1. The number of pyridine rings is 1. The molecule has 1 aliphatic heterocycles. The van der Waals surface area contributed by atoms with Gasteiger partial charge >= 0.3 is 5.97 Å². The summed E-state index contributed by atoms with van der Waals surface area (Å²) in [6.07, 6.45) is 2.02. The molecule has 0 aliphatic carbocycles. The number of primary amides is 1. The lowest BCUT2D eigenvalue weighted by molar-refractivity contribution is -0.139. The Hall–Kier alpha value is -4.11. The highest BCUT2D eigenvalue weighted by atomic mass is 35.5. The number of fused-ring (bicyclic) bond motifs is 1. The fourth-order valence-corrected chi connectivity index (χ4v) is 4.27. The molecule has 180 valence electrons. The molecular formula is C25H22ClN3O6. The molecule has 0 spiro atoms. The number of benzene rings is 2. The van der Waals surface area contributed by atoms with Gasteiger partial charge in [0.25, 0.3) is 11.8 Å². The minimum Gasteiger partial charge on any atom is -0.482 e. The molecule has 0 saturated carbocycles. The van der Waals surface area contributed by atoms with E-state index in [9.17, 15) is 14.4 Å². The van der Waals surface area contributed by atoms with Crippen molar-refractivity contribution in [2.75, 3.05) is 19.8 Å². The monoisotopic (exact) mass is 495 g/mol. The summed E-state index contributed by atoms with van der Waals surface area (Å²) in [5.41, 5.74) is 7.76. The number of hydrogen-bond donors (Lipinski definition) is 2. The summed E-state index contributed by atoms with van der Waals surface area (Å²) >= 11 is 6.29. The second-order valence-corrected chi connectivity index (χ2v) is 8.24. The van der Waals surface area contributed by atoms with E-state index in [-0.39, 0.29) is 24.0 Å². The van der Waals surface area contributed by atoms with Crippen LogP contribution >= 0.6 is 11.6 Å². The second kappa shape index (κ2) is 10.4. The van der Waals surface area contributed by atoms with Crippen molar-refractivity contribution in [1.82, 2.24) is 9.88 Å². The Morgan fingerprint density at radius 2 is 1.80 bits per heavy atom. The standard InChI is InChI=1S/C25H22ClN3O6/c26-16-7-8-19(35-14-22(31)32)18(12-16)24-17-5-2-1-4-15(17)9-11-29(24)21(30)13-34-20-6-3-10-28-23(20)25(27)33/h1-8,10,12,24H,9,11,13-14H2,(H2,27,33)(H,31,32). The van der Waals surface area contributed by atoms with Gasteiger partial charge in [-0.1, -0.05) is 35.9 Å². The number of carboxylic acids is 1. The number of aliphatic carboxylic acids is 1. The molecule has 0 radical (unpaired) electrons. The number of carbonyl (C=O) groups excluding carboxylic acids is 2. The quantitative estimate of drug-likeness (QED) is 0.491. The number of nitrogens with zero attached hydrogens (tertiary/aromatic N) is 2. The van der Waals surface area contributed by atoms with Crippen LogP contribution in [0, 0.1) is 0 Å². The van der Waals surface area contributed by atoms with Gasteiger partial charge in [0.1, 0.15) is 5.75 Å². The van der Waals surface area contributed by atoms with Crippen molar-refractivity contribution >= 4 is 29.4 Å². The number of ether oxygens (including phenoxy) is 2.